The lowest BCUT2D eigenvalue weighted by atomic mass is 9.81. The number of aromatic nitrogens is 3. The van der Waals surface area contributed by atoms with E-state index in [1.54, 1.807) is 6.92 Å². The lowest BCUT2D eigenvalue weighted by Gasteiger charge is -2.41. The quantitative estimate of drug-likeness (QED) is 0.242. The van der Waals surface area contributed by atoms with Crippen LogP contribution in [0, 0.1) is 0 Å². The Kier molecular flexibility index (Phi) is 8.55. The number of nitrogens with zero attached hydrogens (tertiary/aromatic N) is 3. The summed E-state index contributed by atoms with van der Waals surface area (Å²) in [5.74, 6) is -1.10. The third-order valence-corrected chi connectivity index (χ3v) is 6.92. The smallest absolute Gasteiger partial charge is 0.416 e. The summed E-state index contributed by atoms with van der Waals surface area (Å²) in [6.07, 6.45) is -10.9. The average molecular weight is 572 g/mol. The van der Waals surface area contributed by atoms with Gasteiger partial charge in [-0.15, -0.1) is 5.10 Å². The Morgan fingerprint density at radius 1 is 1.02 bits per heavy atom. The molecule has 13 heteroatoms. The fourth-order valence-corrected chi connectivity index (χ4v) is 5.05. The van der Waals surface area contributed by atoms with Crippen molar-refractivity contribution in [2.24, 2.45) is 0 Å². The van der Waals surface area contributed by atoms with Crippen molar-refractivity contribution in [1.82, 2.24) is 15.0 Å². The van der Waals surface area contributed by atoms with Crippen molar-refractivity contribution in [2.45, 2.75) is 62.9 Å². The van der Waals surface area contributed by atoms with Crippen LogP contribution in [0.2, 0.25) is 0 Å². The van der Waals surface area contributed by atoms with Crippen LogP contribution in [0.3, 0.4) is 0 Å². The van der Waals surface area contributed by atoms with Gasteiger partial charge < -0.3 is 14.2 Å². The van der Waals surface area contributed by atoms with E-state index in [0.717, 1.165) is 5.56 Å². The normalized spacial score (nSPS) is 21.6. The summed E-state index contributed by atoms with van der Waals surface area (Å²) in [4.78, 5) is 12.4. The SMILES string of the molecule is COC(=O)c1cnnn1C1CCOC(C(C)OC(C)c2cc(C(F)(F)F)cc(C(F)(F)F)c2)C1c1ccccc1. The first-order chi connectivity index (χ1) is 18.8. The van der Waals surface area contributed by atoms with Gasteiger partial charge in [0.15, 0.2) is 5.69 Å². The van der Waals surface area contributed by atoms with E-state index in [0.29, 0.717) is 18.6 Å². The Hall–Kier alpha value is -3.45. The highest BCUT2D eigenvalue weighted by atomic mass is 19.4. The first-order valence-electron chi connectivity index (χ1n) is 12.4. The molecule has 5 unspecified atom stereocenters. The zero-order valence-electron chi connectivity index (χ0n) is 21.7. The summed E-state index contributed by atoms with van der Waals surface area (Å²) in [7, 11) is 1.23. The molecule has 0 N–H and O–H groups in total. The first kappa shape index (κ1) is 29.5. The summed E-state index contributed by atoms with van der Waals surface area (Å²) >= 11 is 0. The van der Waals surface area contributed by atoms with Gasteiger partial charge >= 0.3 is 18.3 Å². The number of hydrogen-bond acceptors (Lipinski definition) is 6. The van der Waals surface area contributed by atoms with Gasteiger partial charge in [0.2, 0.25) is 0 Å². The van der Waals surface area contributed by atoms with Crippen LogP contribution in [-0.2, 0) is 26.6 Å². The number of carbonyl (C=O) groups is 1. The standard InChI is InChI=1S/C27H27F6N3O4/c1-15(18-11-19(26(28,29)30)13-20(12-18)27(31,32)33)40-16(2)24-23(17-7-5-4-6-8-17)21(9-10-39-24)36-22(14-34-35-36)25(37)38-3/h4-8,11-16,21,23-24H,9-10H2,1-3H3. The summed E-state index contributed by atoms with van der Waals surface area (Å²) in [5, 5.41) is 7.97. The van der Waals surface area contributed by atoms with Gasteiger partial charge in [-0.25, -0.2) is 9.48 Å². The van der Waals surface area contributed by atoms with Crippen LogP contribution in [0.25, 0.3) is 0 Å². The molecule has 1 aliphatic rings. The molecule has 5 atom stereocenters. The van der Waals surface area contributed by atoms with E-state index in [2.05, 4.69) is 10.3 Å². The number of halogens is 6. The maximum Gasteiger partial charge on any atom is 0.416 e. The van der Waals surface area contributed by atoms with Crippen LogP contribution in [0.4, 0.5) is 26.3 Å². The zero-order chi connectivity index (χ0) is 29.2. The van der Waals surface area contributed by atoms with Crippen molar-refractivity contribution in [3.63, 3.8) is 0 Å². The van der Waals surface area contributed by atoms with Gasteiger partial charge in [-0.05, 0) is 49.6 Å². The molecule has 2 aromatic carbocycles. The molecule has 216 valence electrons. The van der Waals surface area contributed by atoms with E-state index >= 15 is 0 Å². The van der Waals surface area contributed by atoms with Gasteiger partial charge in [-0.3, -0.25) is 0 Å². The van der Waals surface area contributed by atoms with Gasteiger partial charge in [0, 0.05) is 12.5 Å². The highest BCUT2D eigenvalue weighted by Gasteiger charge is 2.43. The van der Waals surface area contributed by atoms with Crippen molar-refractivity contribution in [2.75, 3.05) is 13.7 Å². The predicted molar refractivity (Wildman–Crippen MR) is 129 cm³/mol. The van der Waals surface area contributed by atoms with Gasteiger partial charge in [0.05, 0.1) is 48.8 Å². The molecule has 2 heterocycles. The van der Waals surface area contributed by atoms with Gasteiger partial charge in [-0.1, -0.05) is 35.5 Å². The molecule has 1 fully saturated rings. The van der Waals surface area contributed by atoms with E-state index in [9.17, 15) is 31.1 Å². The van der Waals surface area contributed by atoms with E-state index in [1.165, 1.54) is 24.9 Å². The Morgan fingerprint density at radius 3 is 2.23 bits per heavy atom. The molecule has 0 bridgehead atoms. The predicted octanol–water partition coefficient (Wildman–Crippen LogP) is 6.38. The minimum atomic E-state index is -4.98. The van der Waals surface area contributed by atoms with Crippen LogP contribution >= 0.6 is 0 Å². The number of alkyl halides is 6. The summed E-state index contributed by atoms with van der Waals surface area (Å²) < 4.78 is 98.9. The average Bonchev–Trinajstić information content (AvgIpc) is 3.41. The number of rotatable bonds is 7. The molecule has 1 aromatic heterocycles. The third-order valence-electron chi connectivity index (χ3n) is 6.92. The lowest BCUT2D eigenvalue weighted by Crippen LogP contribution is -2.44. The van der Waals surface area contributed by atoms with Gasteiger partial charge in [0.1, 0.15) is 0 Å². The Bertz CT molecular complexity index is 1280. The monoisotopic (exact) mass is 571 g/mol. The van der Waals surface area contributed by atoms with Crippen LogP contribution in [0.1, 0.15) is 71.1 Å². The third kappa shape index (κ3) is 6.30. The molecule has 7 nitrogen and oxygen atoms in total. The Balaban J connectivity index is 1.67. The van der Waals surface area contributed by atoms with Crippen LogP contribution in [-0.4, -0.2) is 46.9 Å². The maximum atomic E-state index is 13.4. The highest BCUT2D eigenvalue weighted by molar-refractivity contribution is 5.87. The second-order valence-corrected chi connectivity index (χ2v) is 9.51. The lowest BCUT2D eigenvalue weighted by molar-refractivity contribution is -0.143. The molecule has 0 saturated carbocycles. The van der Waals surface area contributed by atoms with Crippen molar-refractivity contribution < 1.29 is 45.3 Å². The molecule has 0 amide bonds. The number of carbonyl (C=O) groups excluding carboxylic acids is 1. The molecule has 1 aliphatic heterocycles. The Morgan fingerprint density at radius 2 is 1.65 bits per heavy atom. The van der Waals surface area contributed by atoms with E-state index < -0.39 is 59.7 Å². The van der Waals surface area contributed by atoms with E-state index in [4.69, 9.17) is 14.2 Å². The molecule has 1 saturated heterocycles. The number of esters is 1. The maximum absolute atomic E-state index is 13.4. The summed E-state index contributed by atoms with van der Waals surface area (Å²) in [6.45, 7) is 3.25. The number of benzene rings is 2. The van der Waals surface area contributed by atoms with E-state index in [1.807, 2.05) is 30.3 Å². The second kappa shape index (κ2) is 11.6. The fraction of sp³-hybridized carbons (Fsp3) is 0.444. The largest absolute Gasteiger partial charge is 0.464 e. The molecule has 0 aliphatic carbocycles. The van der Waals surface area contributed by atoms with Crippen molar-refractivity contribution >= 4 is 5.97 Å². The molecule has 3 aromatic rings. The number of ether oxygens (including phenoxy) is 3. The van der Waals surface area contributed by atoms with Crippen LogP contribution in [0.15, 0.2) is 54.7 Å². The molecule has 4 rings (SSSR count). The zero-order valence-corrected chi connectivity index (χ0v) is 21.7. The highest BCUT2D eigenvalue weighted by Crippen LogP contribution is 2.43. The summed E-state index contributed by atoms with van der Waals surface area (Å²) in [6, 6.07) is 10.1. The molecular formula is C27H27F6N3O4. The van der Waals surface area contributed by atoms with Gasteiger partial charge in [-0.2, -0.15) is 26.3 Å². The Labute approximate surface area is 226 Å². The van der Waals surface area contributed by atoms with Crippen molar-refractivity contribution in [3.05, 3.63) is 82.7 Å². The molecular weight excluding hydrogens is 544 g/mol. The molecule has 40 heavy (non-hydrogen) atoms. The topological polar surface area (TPSA) is 75.5 Å². The first-order valence-corrected chi connectivity index (χ1v) is 12.4. The number of methoxy groups -OCH3 is 1. The minimum Gasteiger partial charge on any atom is -0.464 e. The number of hydrogen-bond donors (Lipinski definition) is 0. The second-order valence-electron chi connectivity index (χ2n) is 9.51. The van der Waals surface area contributed by atoms with Crippen LogP contribution in [0.5, 0.6) is 0 Å². The van der Waals surface area contributed by atoms with Gasteiger partial charge in [0.25, 0.3) is 0 Å². The van der Waals surface area contributed by atoms with Crippen molar-refractivity contribution in [1.29, 1.82) is 0 Å². The van der Waals surface area contributed by atoms with Crippen molar-refractivity contribution in [3.8, 4) is 0 Å². The minimum absolute atomic E-state index is 0.0803. The van der Waals surface area contributed by atoms with E-state index in [-0.39, 0.29) is 23.9 Å². The summed E-state index contributed by atoms with van der Waals surface area (Å²) in [5.41, 5.74) is -2.18. The molecule has 0 radical (unpaired) electrons. The fourth-order valence-electron chi connectivity index (χ4n) is 5.05. The molecule has 0 spiro atoms. The van der Waals surface area contributed by atoms with Crippen LogP contribution < -0.4 is 0 Å².